The lowest BCUT2D eigenvalue weighted by Crippen LogP contribution is -2.23. The Kier molecular flexibility index (Phi) is 3.44. The molecular formula is C14H16N2O4S. The highest BCUT2D eigenvalue weighted by molar-refractivity contribution is 7.91. The fourth-order valence-electron chi connectivity index (χ4n) is 2.75. The molecule has 1 atom stereocenters. The van der Waals surface area contributed by atoms with Gasteiger partial charge in [-0.3, -0.25) is 0 Å². The number of imidazole rings is 1. The van der Waals surface area contributed by atoms with E-state index in [1.807, 2.05) is 0 Å². The summed E-state index contributed by atoms with van der Waals surface area (Å²) in [6, 6.07) is 3.26. The summed E-state index contributed by atoms with van der Waals surface area (Å²) in [5.74, 6) is 0.318. The smallest absolute Gasteiger partial charge is 0.337 e. The maximum absolute atomic E-state index is 12.2. The molecule has 7 heteroatoms. The maximum Gasteiger partial charge on any atom is 0.337 e. The second kappa shape index (κ2) is 5.14. The molecule has 1 aliphatic rings. The van der Waals surface area contributed by atoms with Crippen LogP contribution in [-0.2, 0) is 14.6 Å². The van der Waals surface area contributed by atoms with Crippen LogP contribution in [0.25, 0.3) is 5.52 Å². The van der Waals surface area contributed by atoms with Crippen molar-refractivity contribution in [2.45, 2.75) is 24.5 Å². The topological polar surface area (TPSA) is 77.7 Å². The zero-order valence-electron chi connectivity index (χ0n) is 11.7. The van der Waals surface area contributed by atoms with Gasteiger partial charge in [-0.05, 0) is 25.0 Å². The molecular weight excluding hydrogens is 292 g/mol. The second-order valence-electron chi connectivity index (χ2n) is 5.17. The lowest BCUT2D eigenvalue weighted by molar-refractivity contribution is 0.0600. The van der Waals surface area contributed by atoms with Crippen molar-refractivity contribution in [3.05, 3.63) is 35.9 Å². The van der Waals surface area contributed by atoms with Crippen LogP contribution in [0, 0.1) is 0 Å². The molecule has 0 N–H and O–H groups in total. The van der Waals surface area contributed by atoms with Crippen LogP contribution in [0.3, 0.4) is 0 Å². The zero-order chi connectivity index (χ0) is 15.0. The average Bonchev–Trinajstić information content (AvgIpc) is 2.88. The monoisotopic (exact) mass is 308 g/mol. The maximum atomic E-state index is 12.2. The Hall–Kier alpha value is -1.89. The van der Waals surface area contributed by atoms with E-state index in [0.29, 0.717) is 29.7 Å². The highest BCUT2D eigenvalue weighted by atomic mass is 32.2. The third kappa shape index (κ3) is 2.42. The van der Waals surface area contributed by atoms with E-state index in [9.17, 15) is 13.2 Å². The lowest BCUT2D eigenvalue weighted by atomic mass is 10.2. The van der Waals surface area contributed by atoms with Gasteiger partial charge in [-0.15, -0.1) is 0 Å². The summed E-state index contributed by atoms with van der Waals surface area (Å²) in [5.41, 5.74) is 1.11. The molecule has 112 valence electrons. The van der Waals surface area contributed by atoms with Gasteiger partial charge in [0.05, 0.1) is 30.1 Å². The summed E-state index contributed by atoms with van der Waals surface area (Å²) in [6.07, 6.45) is 5.47. The molecule has 0 radical (unpaired) electrons. The number of hydrogen-bond donors (Lipinski definition) is 0. The quantitative estimate of drug-likeness (QED) is 0.790. The molecule has 0 spiro atoms. The first-order valence-electron chi connectivity index (χ1n) is 6.80. The third-order valence-electron chi connectivity index (χ3n) is 3.85. The van der Waals surface area contributed by atoms with E-state index in [0.717, 1.165) is 6.42 Å². The van der Waals surface area contributed by atoms with Gasteiger partial charge in [0, 0.05) is 6.20 Å². The lowest BCUT2D eigenvalue weighted by Gasteiger charge is -2.21. The molecule has 1 aliphatic heterocycles. The number of pyridine rings is 1. The van der Waals surface area contributed by atoms with E-state index in [2.05, 4.69) is 9.72 Å². The first kappa shape index (κ1) is 14.1. The van der Waals surface area contributed by atoms with Gasteiger partial charge >= 0.3 is 5.97 Å². The van der Waals surface area contributed by atoms with Gasteiger partial charge in [-0.1, -0.05) is 6.42 Å². The van der Waals surface area contributed by atoms with Crippen LogP contribution in [0.15, 0.2) is 24.5 Å². The number of aromatic nitrogens is 2. The molecule has 1 unspecified atom stereocenters. The standard InChI is InChI=1S/C14H16N2O4S/c1-20-14(17)10-5-6-16-11(8-10)9-15-13(16)12-4-2-3-7-21(12,18)19/h5-6,8-9,12H,2-4,7H2,1H3. The molecule has 0 aromatic carbocycles. The molecule has 0 amide bonds. The predicted octanol–water partition coefficient (Wildman–Crippen LogP) is 1.76. The highest BCUT2D eigenvalue weighted by Crippen LogP contribution is 2.33. The second-order valence-corrected chi connectivity index (χ2v) is 7.47. The van der Waals surface area contributed by atoms with Crippen LogP contribution in [0.1, 0.15) is 40.7 Å². The Bertz CT molecular complexity index is 794. The minimum atomic E-state index is -3.14. The predicted molar refractivity (Wildman–Crippen MR) is 76.9 cm³/mol. The van der Waals surface area contributed by atoms with Gasteiger partial charge < -0.3 is 9.14 Å². The Morgan fingerprint density at radius 3 is 2.95 bits per heavy atom. The van der Waals surface area contributed by atoms with Crippen LogP contribution in [0.4, 0.5) is 0 Å². The molecule has 21 heavy (non-hydrogen) atoms. The number of carbonyl (C=O) groups excluding carboxylic acids is 1. The fraction of sp³-hybridized carbons (Fsp3) is 0.429. The minimum absolute atomic E-state index is 0.215. The van der Waals surface area contributed by atoms with Crippen LogP contribution < -0.4 is 0 Å². The Balaban J connectivity index is 2.07. The zero-order valence-corrected chi connectivity index (χ0v) is 12.5. The number of esters is 1. The van der Waals surface area contributed by atoms with Crippen molar-refractivity contribution >= 4 is 21.3 Å². The number of fused-ring (bicyclic) bond motifs is 1. The number of hydrogen-bond acceptors (Lipinski definition) is 5. The van der Waals surface area contributed by atoms with E-state index in [1.54, 1.807) is 28.9 Å². The van der Waals surface area contributed by atoms with Crippen LogP contribution in [-0.4, -0.2) is 36.6 Å². The van der Waals surface area contributed by atoms with Crippen LogP contribution in [0.2, 0.25) is 0 Å². The summed E-state index contributed by atoms with van der Waals surface area (Å²) >= 11 is 0. The SMILES string of the molecule is COC(=O)c1ccn2c(C3CCCCS3(=O)=O)ncc2c1. The van der Waals surface area contributed by atoms with Crippen molar-refractivity contribution in [3.8, 4) is 0 Å². The number of rotatable bonds is 2. The number of nitrogens with zero attached hydrogens (tertiary/aromatic N) is 2. The molecule has 0 bridgehead atoms. The van der Waals surface area contributed by atoms with E-state index in [4.69, 9.17) is 0 Å². The molecule has 1 saturated heterocycles. The van der Waals surface area contributed by atoms with Gasteiger partial charge in [-0.25, -0.2) is 18.2 Å². The van der Waals surface area contributed by atoms with Gasteiger partial charge in [0.2, 0.25) is 0 Å². The summed E-state index contributed by atoms with van der Waals surface area (Å²) in [4.78, 5) is 15.8. The summed E-state index contributed by atoms with van der Waals surface area (Å²) in [5, 5.41) is -0.558. The van der Waals surface area contributed by atoms with E-state index < -0.39 is 21.1 Å². The number of methoxy groups -OCH3 is 1. The number of ether oxygens (including phenoxy) is 1. The normalized spacial score (nSPS) is 21.3. The first-order chi connectivity index (χ1) is 10.0. The highest BCUT2D eigenvalue weighted by Gasteiger charge is 2.33. The molecule has 0 saturated carbocycles. The van der Waals surface area contributed by atoms with Crippen molar-refractivity contribution in [1.29, 1.82) is 0 Å². The Morgan fingerprint density at radius 1 is 1.43 bits per heavy atom. The van der Waals surface area contributed by atoms with Crippen molar-refractivity contribution in [2.24, 2.45) is 0 Å². The molecule has 6 nitrogen and oxygen atoms in total. The van der Waals surface area contributed by atoms with Crippen molar-refractivity contribution in [2.75, 3.05) is 12.9 Å². The van der Waals surface area contributed by atoms with Crippen LogP contribution >= 0.6 is 0 Å². The van der Waals surface area contributed by atoms with E-state index >= 15 is 0 Å². The largest absolute Gasteiger partial charge is 0.465 e. The summed E-state index contributed by atoms with van der Waals surface area (Å²) < 4.78 is 30.8. The van der Waals surface area contributed by atoms with Crippen LogP contribution in [0.5, 0.6) is 0 Å². The number of carbonyl (C=O) groups is 1. The molecule has 1 fully saturated rings. The molecule has 2 aromatic heterocycles. The Morgan fingerprint density at radius 2 is 2.24 bits per heavy atom. The van der Waals surface area contributed by atoms with Crippen molar-refractivity contribution in [3.63, 3.8) is 0 Å². The molecule has 2 aromatic rings. The Labute approximate surface area is 122 Å². The molecule has 3 heterocycles. The first-order valence-corrected chi connectivity index (χ1v) is 8.51. The summed E-state index contributed by atoms with van der Waals surface area (Å²) in [7, 11) is -1.82. The third-order valence-corrected chi connectivity index (χ3v) is 6.02. The molecule has 3 rings (SSSR count). The van der Waals surface area contributed by atoms with Gasteiger partial charge in [0.25, 0.3) is 0 Å². The number of sulfone groups is 1. The average molecular weight is 308 g/mol. The van der Waals surface area contributed by atoms with Gasteiger partial charge in [-0.2, -0.15) is 0 Å². The van der Waals surface area contributed by atoms with Crippen molar-refractivity contribution in [1.82, 2.24) is 9.38 Å². The molecule has 0 aliphatic carbocycles. The van der Waals surface area contributed by atoms with E-state index in [1.165, 1.54) is 7.11 Å². The summed E-state index contributed by atoms with van der Waals surface area (Å²) in [6.45, 7) is 0. The fourth-order valence-corrected chi connectivity index (χ4v) is 4.66. The van der Waals surface area contributed by atoms with Crippen molar-refractivity contribution < 1.29 is 17.9 Å². The van der Waals surface area contributed by atoms with Gasteiger partial charge in [0.1, 0.15) is 11.1 Å². The minimum Gasteiger partial charge on any atom is -0.465 e. The van der Waals surface area contributed by atoms with Gasteiger partial charge in [0.15, 0.2) is 9.84 Å². The van der Waals surface area contributed by atoms with E-state index in [-0.39, 0.29) is 5.75 Å².